The van der Waals surface area contributed by atoms with Crippen LogP contribution in [0.4, 0.5) is 10.5 Å². The highest BCUT2D eigenvalue weighted by Crippen LogP contribution is 2.34. The number of anilines is 1. The van der Waals surface area contributed by atoms with E-state index in [4.69, 9.17) is 14.2 Å². The predicted octanol–water partition coefficient (Wildman–Crippen LogP) is 2.71. The van der Waals surface area contributed by atoms with Gasteiger partial charge < -0.3 is 35.3 Å². The van der Waals surface area contributed by atoms with Gasteiger partial charge in [-0.15, -0.1) is 0 Å². The Morgan fingerprint density at radius 1 is 1.09 bits per heavy atom. The molecule has 176 valence electrons. The molecule has 2 heterocycles. The summed E-state index contributed by atoms with van der Waals surface area (Å²) in [4.78, 5) is 24.9. The zero-order valence-corrected chi connectivity index (χ0v) is 18.5. The van der Waals surface area contributed by atoms with Gasteiger partial charge in [0.25, 0.3) is 0 Å². The van der Waals surface area contributed by atoms with E-state index in [0.29, 0.717) is 30.0 Å². The normalized spacial score (nSPS) is 22.3. The smallest absolute Gasteiger partial charge is 0.319 e. The molecule has 4 atom stereocenters. The van der Waals surface area contributed by atoms with Gasteiger partial charge in [-0.2, -0.15) is 0 Å². The molecule has 2 aromatic carbocycles. The summed E-state index contributed by atoms with van der Waals surface area (Å²) in [6, 6.07) is 14.0. The quantitative estimate of drug-likeness (QED) is 0.510. The lowest BCUT2D eigenvalue weighted by Gasteiger charge is -2.36. The molecule has 0 unspecified atom stereocenters. The first-order valence-corrected chi connectivity index (χ1v) is 11.1. The van der Waals surface area contributed by atoms with Crippen LogP contribution in [0.25, 0.3) is 0 Å². The van der Waals surface area contributed by atoms with E-state index in [2.05, 4.69) is 16.0 Å². The molecule has 2 aromatic rings. The Hall–Kier alpha value is -3.30. The van der Waals surface area contributed by atoms with Crippen LogP contribution < -0.4 is 25.4 Å². The molecule has 1 fully saturated rings. The van der Waals surface area contributed by atoms with Crippen LogP contribution in [-0.4, -0.2) is 48.7 Å². The molecule has 9 heteroatoms. The number of hydrogen-bond donors (Lipinski definition) is 4. The zero-order valence-electron chi connectivity index (χ0n) is 18.5. The Kier molecular flexibility index (Phi) is 7.31. The van der Waals surface area contributed by atoms with Crippen LogP contribution in [-0.2, 0) is 9.53 Å². The average Bonchev–Trinajstić information content (AvgIpc) is 3.28. The topological polar surface area (TPSA) is 118 Å². The molecular weight excluding hydrogens is 426 g/mol. The van der Waals surface area contributed by atoms with Gasteiger partial charge >= 0.3 is 6.03 Å². The lowest BCUT2D eigenvalue weighted by atomic mass is 9.97. The fraction of sp³-hybridized carbons (Fsp3) is 0.417. The zero-order chi connectivity index (χ0) is 23.2. The Bertz CT molecular complexity index is 970. The highest BCUT2D eigenvalue weighted by atomic mass is 16.7. The van der Waals surface area contributed by atoms with Crippen molar-refractivity contribution in [3.05, 3.63) is 54.1 Å². The van der Waals surface area contributed by atoms with Gasteiger partial charge in [0.05, 0.1) is 31.2 Å². The van der Waals surface area contributed by atoms with E-state index in [1.807, 2.05) is 37.3 Å². The van der Waals surface area contributed by atoms with Gasteiger partial charge in [-0.1, -0.05) is 30.3 Å². The maximum Gasteiger partial charge on any atom is 0.319 e. The summed E-state index contributed by atoms with van der Waals surface area (Å²) in [5.74, 6) is 1.10. The lowest BCUT2D eigenvalue weighted by Crippen LogP contribution is -2.52. The number of amides is 3. The van der Waals surface area contributed by atoms with Crippen molar-refractivity contribution < 1.29 is 28.9 Å². The van der Waals surface area contributed by atoms with Gasteiger partial charge in [0, 0.05) is 11.8 Å². The number of rotatable bonds is 7. The van der Waals surface area contributed by atoms with Crippen molar-refractivity contribution in [2.45, 2.75) is 50.5 Å². The SMILES string of the molecule is C[C@H](NC(=O)C[C@H]1CC[C@@H](NC(=O)Nc2ccc3c(c2)OCO3)[C@H](CO)O1)c1ccccc1. The van der Waals surface area contributed by atoms with Crippen LogP contribution in [0.1, 0.15) is 37.8 Å². The Morgan fingerprint density at radius 3 is 2.67 bits per heavy atom. The first kappa shape index (κ1) is 22.9. The minimum absolute atomic E-state index is 0.106. The molecule has 0 radical (unpaired) electrons. The molecular formula is C24H29N3O6. The molecule has 4 rings (SSSR count). The summed E-state index contributed by atoms with van der Waals surface area (Å²) in [6.45, 7) is 1.84. The van der Waals surface area contributed by atoms with E-state index >= 15 is 0 Å². The van der Waals surface area contributed by atoms with E-state index in [1.54, 1.807) is 18.2 Å². The number of benzene rings is 2. The third-order valence-corrected chi connectivity index (χ3v) is 5.83. The molecule has 0 spiro atoms. The second-order valence-electron chi connectivity index (χ2n) is 8.23. The van der Waals surface area contributed by atoms with Crippen molar-refractivity contribution in [2.75, 3.05) is 18.7 Å². The Morgan fingerprint density at radius 2 is 1.88 bits per heavy atom. The fourth-order valence-corrected chi connectivity index (χ4v) is 4.09. The highest BCUT2D eigenvalue weighted by molar-refractivity contribution is 5.90. The predicted molar refractivity (Wildman–Crippen MR) is 121 cm³/mol. The number of fused-ring (bicyclic) bond motifs is 1. The van der Waals surface area contributed by atoms with Crippen LogP contribution in [0.3, 0.4) is 0 Å². The summed E-state index contributed by atoms with van der Waals surface area (Å²) in [5, 5.41) is 18.4. The van der Waals surface area contributed by atoms with Crippen molar-refractivity contribution in [1.29, 1.82) is 0 Å². The number of aliphatic hydroxyl groups is 1. The minimum Gasteiger partial charge on any atom is -0.454 e. The second kappa shape index (κ2) is 10.5. The minimum atomic E-state index is -0.592. The summed E-state index contributed by atoms with van der Waals surface area (Å²) in [6.07, 6.45) is 0.472. The van der Waals surface area contributed by atoms with Gasteiger partial charge in [0.15, 0.2) is 11.5 Å². The molecule has 0 saturated carbocycles. The van der Waals surface area contributed by atoms with Crippen LogP contribution in [0.2, 0.25) is 0 Å². The second-order valence-corrected chi connectivity index (χ2v) is 8.23. The number of ether oxygens (including phenoxy) is 3. The van der Waals surface area contributed by atoms with Gasteiger partial charge in [-0.05, 0) is 37.5 Å². The molecule has 1 saturated heterocycles. The third kappa shape index (κ3) is 5.94. The summed E-state index contributed by atoms with van der Waals surface area (Å²) < 4.78 is 16.5. The summed E-state index contributed by atoms with van der Waals surface area (Å²) in [5.41, 5.74) is 1.59. The van der Waals surface area contributed by atoms with Gasteiger partial charge in [-0.25, -0.2) is 4.79 Å². The van der Waals surface area contributed by atoms with Crippen LogP contribution in [0.15, 0.2) is 48.5 Å². The van der Waals surface area contributed by atoms with Crippen molar-refractivity contribution >= 4 is 17.6 Å². The van der Waals surface area contributed by atoms with Gasteiger partial charge in [-0.3, -0.25) is 4.79 Å². The Balaban J connectivity index is 1.25. The maximum absolute atomic E-state index is 12.5. The van der Waals surface area contributed by atoms with E-state index < -0.39 is 12.1 Å². The van der Waals surface area contributed by atoms with Crippen molar-refractivity contribution in [2.24, 2.45) is 0 Å². The molecule has 0 aliphatic carbocycles. The first-order valence-electron chi connectivity index (χ1n) is 11.1. The molecule has 0 aromatic heterocycles. The highest BCUT2D eigenvalue weighted by Gasteiger charge is 2.33. The van der Waals surface area contributed by atoms with E-state index in [0.717, 1.165) is 5.56 Å². The number of carbonyl (C=O) groups is 2. The van der Waals surface area contributed by atoms with Crippen LogP contribution >= 0.6 is 0 Å². The van der Waals surface area contributed by atoms with Gasteiger partial charge in [0.2, 0.25) is 12.7 Å². The number of hydrogen-bond acceptors (Lipinski definition) is 6. The standard InChI is InChI=1S/C24H29N3O6/c1-15(16-5-3-2-4-6-16)25-23(29)12-18-8-9-19(22(13-28)33-18)27-24(30)26-17-7-10-20-21(11-17)32-14-31-20/h2-7,10-11,15,18-19,22,28H,8-9,12-14H2,1H3,(H,25,29)(H2,26,27,30)/t15-,18+,19+,22-/m0/s1. The largest absolute Gasteiger partial charge is 0.454 e. The van der Waals surface area contributed by atoms with Crippen molar-refractivity contribution in [1.82, 2.24) is 10.6 Å². The van der Waals surface area contributed by atoms with Gasteiger partial charge in [0.1, 0.15) is 6.10 Å². The lowest BCUT2D eigenvalue weighted by molar-refractivity contribution is -0.131. The molecule has 2 aliphatic rings. The molecule has 0 bridgehead atoms. The molecule has 3 amide bonds. The molecule has 9 nitrogen and oxygen atoms in total. The number of carbonyl (C=O) groups excluding carboxylic acids is 2. The average molecular weight is 456 g/mol. The third-order valence-electron chi connectivity index (χ3n) is 5.83. The first-order chi connectivity index (χ1) is 16.0. The van der Waals surface area contributed by atoms with Crippen LogP contribution in [0.5, 0.6) is 11.5 Å². The van der Waals surface area contributed by atoms with Crippen LogP contribution in [0, 0.1) is 0 Å². The van der Waals surface area contributed by atoms with E-state index in [-0.39, 0.29) is 43.9 Å². The van der Waals surface area contributed by atoms with Crippen molar-refractivity contribution in [3.63, 3.8) is 0 Å². The Labute approximate surface area is 192 Å². The molecule has 2 aliphatic heterocycles. The number of aliphatic hydroxyl groups excluding tert-OH is 1. The summed E-state index contributed by atoms with van der Waals surface area (Å²) >= 11 is 0. The van der Waals surface area contributed by atoms with E-state index in [9.17, 15) is 14.7 Å². The fourth-order valence-electron chi connectivity index (χ4n) is 4.09. The molecule has 33 heavy (non-hydrogen) atoms. The number of urea groups is 1. The number of nitrogens with one attached hydrogen (secondary N) is 3. The summed E-state index contributed by atoms with van der Waals surface area (Å²) in [7, 11) is 0. The van der Waals surface area contributed by atoms with E-state index in [1.165, 1.54) is 0 Å². The molecule has 4 N–H and O–H groups in total. The monoisotopic (exact) mass is 455 g/mol. The van der Waals surface area contributed by atoms with Crippen molar-refractivity contribution in [3.8, 4) is 11.5 Å². The maximum atomic E-state index is 12.5.